The average Bonchev–Trinajstić information content (AvgIpc) is 2.73. The van der Waals surface area contributed by atoms with Crippen LogP contribution in [0.5, 0.6) is 0 Å². The van der Waals surface area contributed by atoms with E-state index in [1.807, 2.05) is 23.9 Å². The summed E-state index contributed by atoms with van der Waals surface area (Å²) in [6.07, 6.45) is 5.04. The highest BCUT2D eigenvalue weighted by atomic mass is 35.5. The molecule has 0 fully saturated rings. The van der Waals surface area contributed by atoms with E-state index < -0.39 is 0 Å². The Bertz CT molecular complexity index is 497. The Morgan fingerprint density at radius 3 is 3.06 bits per heavy atom. The summed E-state index contributed by atoms with van der Waals surface area (Å²) in [5.74, 6) is 1.35. The molecule has 2 rings (SSSR count). The van der Waals surface area contributed by atoms with E-state index >= 15 is 0 Å². The first-order valence-corrected chi connectivity index (χ1v) is 7.47. The molecule has 5 heteroatoms. The largest absolute Gasteiger partial charge is 0.312 e. The lowest BCUT2D eigenvalue weighted by atomic mass is 10.3. The van der Waals surface area contributed by atoms with Crippen LogP contribution in [0.25, 0.3) is 11.2 Å². The van der Waals surface area contributed by atoms with Gasteiger partial charge >= 0.3 is 0 Å². The fourth-order valence-corrected chi connectivity index (χ4v) is 2.32. The molecule has 0 aromatic carbocycles. The standard InChI is InChI=1S/C12H16ClN3S/c1-9(17-2)5-7-16-11(8-13)15-10-4-3-6-14-12(10)16/h3-4,6,9H,5,7-8H2,1-2H3. The van der Waals surface area contributed by atoms with Crippen LogP contribution in [0, 0.1) is 0 Å². The summed E-state index contributed by atoms with van der Waals surface area (Å²) in [4.78, 5) is 8.89. The zero-order chi connectivity index (χ0) is 12.3. The van der Waals surface area contributed by atoms with Crippen LogP contribution in [0.3, 0.4) is 0 Å². The number of alkyl halides is 1. The number of thioether (sulfide) groups is 1. The number of nitrogens with zero attached hydrogens (tertiary/aromatic N) is 3. The lowest BCUT2D eigenvalue weighted by Gasteiger charge is -2.10. The third-order valence-electron chi connectivity index (χ3n) is 2.86. The second kappa shape index (κ2) is 5.74. The third kappa shape index (κ3) is 2.75. The van der Waals surface area contributed by atoms with E-state index in [0.29, 0.717) is 11.1 Å². The molecule has 0 amide bonds. The molecule has 0 saturated carbocycles. The summed E-state index contributed by atoms with van der Waals surface area (Å²) in [5, 5.41) is 0.638. The lowest BCUT2D eigenvalue weighted by molar-refractivity contribution is 0.632. The van der Waals surface area contributed by atoms with Gasteiger partial charge in [0.15, 0.2) is 5.65 Å². The fourth-order valence-electron chi connectivity index (χ4n) is 1.77. The van der Waals surface area contributed by atoms with Crippen LogP contribution in [-0.2, 0) is 12.4 Å². The van der Waals surface area contributed by atoms with Gasteiger partial charge in [0, 0.05) is 18.0 Å². The van der Waals surface area contributed by atoms with Crippen molar-refractivity contribution < 1.29 is 0 Å². The Hall–Kier alpha value is -0.740. The summed E-state index contributed by atoms with van der Waals surface area (Å²) in [6.45, 7) is 3.16. The fraction of sp³-hybridized carbons (Fsp3) is 0.500. The van der Waals surface area contributed by atoms with E-state index in [4.69, 9.17) is 11.6 Å². The molecule has 0 aliphatic heterocycles. The van der Waals surface area contributed by atoms with Crippen molar-refractivity contribution in [1.29, 1.82) is 0 Å². The molecule has 92 valence electrons. The van der Waals surface area contributed by atoms with E-state index in [0.717, 1.165) is 30.0 Å². The number of hydrogen-bond donors (Lipinski definition) is 0. The zero-order valence-corrected chi connectivity index (χ0v) is 11.6. The molecule has 2 aromatic heterocycles. The summed E-state index contributed by atoms with van der Waals surface area (Å²) in [7, 11) is 0. The minimum absolute atomic E-state index is 0.435. The maximum atomic E-state index is 5.94. The van der Waals surface area contributed by atoms with Gasteiger partial charge in [-0.05, 0) is 24.8 Å². The van der Waals surface area contributed by atoms with Crippen LogP contribution in [-0.4, -0.2) is 26.0 Å². The first-order chi connectivity index (χ1) is 8.26. The molecule has 0 radical (unpaired) electrons. The Labute approximate surface area is 111 Å². The molecular formula is C12H16ClN3S. The SMILES string of the molecule is CSC(C)CCn1c(CCl)nc2cccnc21. The van der Waals surface area contributed by atoms with Gasteiger partial charge in [0.2, 0.25) is 0 Å². The summed E-state index contributed by atoms with van der Waals surface area (Å²) in [6, 6.07) is 3.88. The number of imidazole rings is 1. The molecule has 0 bridgehead atoms. The molecule has 1 atom stereocenters. The van der Waals surface area contributed by atoms with Gasteiger partial charge in [0.05, 0.1) is 5.88 Å². The first-order valence-electron chi connectivity index (χ1n) is 5.65. The molecule has 2 heterocycles. The number of aromatic nitrogens is 3. The van der Waals surface area contributed by atoms with Crippen molar-refractivity contribution in [2.75, 3.05) is 6.26 Å². The van der Waals surface area contributed by atoms with Crippen molar-refractivity contribution in [2.24, 2.45) is 0 Å². The molecule has 0 spiro atoms. The predicted molar refractivity (Wildman–Crippen MR) is 74.7 cm³/mol. The van der Waals surface area contributed by atoms with E-state index in [1.54, 1.807) is 6.20 Å². The van der Waals surface area contributed by atoms with Gasteiger partial charge in [-0.1, -0.05) is 6.92 Å². The van der Waals surface area contributed by atoms with Crippen LogP contribution in [0.2, 0.25) is 0 Å². The smallest absolute Gasteiger partial charge is 0.160 e. The Balaban J connectivity index is 2.30. The Kier molecular flexibility index (Phi) is 4.29. The van der Waals surface area contributed by atoms with Gasteiger partial charge in [-0.25, -0.2) is 9.97 Å². The second-order valence-corrected chi connectivity index (χ2v) is 5.54. The summed E-state index contributed by atoms with van der Waals surface area (Å²) >= 11 is 7.81. The summed E-state index contributed by atoms with van der Waals surface area (Å²) in [5.41, 5.74) is 1.87. The molecule has 2 aromatic rings. The molecule has 0 aliphatic carbocycles. The average molecular weight is 270 g/mol. The van der Waals surface area contributed by atoms with Crippen molar-refractivity contribution in [3.63, 3.8) is 0 Å². The lowest BCUT2D eigenvalue weighted by Crippen LogP contribution is -2.08. The van der Waals surface area contributed by atoms with Crippen LogP contribution >= 0.6 is 23.4 Å². The Morgan fingerprint density at radius 1 is 1.53 bits per heavy atom. The molecular weight excluding hydrogens is 254 g/mol. The van der Waals surface area contributed by atoms with Gasteiger partial charge in [-0.2, -0.15) is 11.8 Å². The minimum Gasteiger partial charge on any atom is -0.312 e. The van der Waals surface area contributed by atoms with E-state index in [2.05, 4.69) is 27.7 Å². The maximum Gasteiger partial charge on any atom is 0.160 e. The number of hydrogen-bond acceptors (Lipinski definition) is 3. The topological polar surface area (TPSA) is 30.7 Å². The predicted octanol–water partition coefficient (Wildman–Crippen LogP) is 3.31. The van der Waals surface area contributed by atoms with Crippen molar-refractivity contribution in [3.05, 3.63) is 24.2 Å². The molecule has 3 nitrogen and oxygen atoms in total. The quantitative estimate of drug-likeness (QED) is 0.781. The monoisotopic (exact) mass is 269 g/mol. The van der Waals surface area contributed by atoms with Crippen molar-refractivity contribution in [3.8, 4) is 0 Å². The van der Waals surface area contributed by atoms with Crippen LogP contribution < -0.4 is 0 Å². The Morgan fingerprint density at radius 2 is 2.35 bits per heavy atom. The van der Waals surface area contributed by atoms with Gasteiger partial charge in [0.1, 0.15) is 11.3 Å². The van der Waals surface area contributed by atoms with Gasteiger partial charge < -0.3 is 4.57 Å². The second-order valence-electron chi connectivity index (χ2n) is 3.99. The number of fused-ring (bicyclic) bond motifs is 1. The van der Waals surface area contributed by atoms with Crippen LogP contribution in [0.1, 0.15) is 19.2 Å². The van der Waals surface area contributed by atoms with Crippen molar-refractivity contribution in [2.45, 2.75) is 31.0 Å². The normalized spacial score (nSPS) is 13.1. The van der Waals surface area contributed by atoms with Gasteiger partial charge in [0.25, 0.3) is 0 Å². The van der Waals surface area contributed by atoms with Crippen LogP contribution in [0.4, 0.5) is 0 Å². The van der Waals surface area contributed by atoms with Crippen LogP contribution in [0.15, 0.2) is 18.3 Å². The van der Waals surface area contributed by atoms with Gasteiger partial charge in [-0.15, -0.1) is 11.6 Å². The maximum absolute atomic E-state index is 5.94. The molecule has 0 saturated heterocycles. The number of aryl methyl sites for hydroxylation is 1. The highest BCUT2D eigenvalue weighted by molar-refractivity contribution is 7.99. The first kappa shape index (κ1) is 12.7. The molecule has 17 heavy (non-hydrogen) atoms. The van der Waals surface area contributed by atoms with Crippen molar-refractivity contribution in [1.82, 2.24) is 14.5 Å². The summed E-state index contributed by atoms with van der Waals surface area (Å²) < 4.78 is 2.13. The van der Waals surface area contributed by atoms with E-state index in [9.17, 15) is 0 Å². The number of pyridine rings is 1. The number of rotatable bonds is 5. The van der Waals surface area contributed by atoms with Gasteiger partial charge in [-0.3, -0.25) is 0 Å². The molecule has 1 unspecified atom stereocenters. The van der Waals surface area contributed by atoms with E-state index in [-0.39, 0.29) is 0 Å². The zero-order valence-electron chi connectivity index (χ0n) is 10.1. The number of halogens is 1. The van der Waals surface area contributed by atoms with E-state index in [1.165, 1.54) is 0 Å². The highest BCUT2D eigenvalue weighted by Gasteiger charge is 2.11. The van der Waals surface area contributed by atoms with Crippen molar-refractivity contribution >= 4 is 34.5 Å². The molecule has 0 N–H and O–H groups in total. The highest BCUT2D eigenvalue weighted by Crippen LogP contribution is 2.18. The third-order valence-corrected chi connectivity index (χ3v) is 4.14. The molecule has 0 aliphatic rings. The minimum atomic E-state index is 0.435.